The van der Waals surface area contributed by atoms with E-state index in [0.29, 0.717) is 11.2 Å². The molecule has 0 radical (unpaired) electrons. The Hall–Kier alpha value is -18.4. The number of fused-ring (bicyclic) bond motifs is 9. The zero-order valence-electron chi connectivity index (χ0n) is 85.8. The van der Waals surface area contributed by atoms with Gasteiger partial charge in [-0.3, -0.25) is 19.7 Å². The lowest BCUT2D eigenvalue weighted by atomic mass is 9.92. The van der Waals surface area contributed by atoms with Crippen LogP contribution in [0, 0.1) is 163 Å². The molecule has 13 nitrogen and oxygen atoms in total. The Bertz CT molecular complexity index is 8730. The molecule has 0 amide bonds. The van der Waals surface area contributed by atoms with Gasteiger partial charge in [-0.25, -0.2) is 19.6 Å². The molecule has 0 saturated carbocycles. The van der Waals surface area contributed by atoms with E-state index in [1.165, 1.54) is 156 Å². The van der Waals surface area contributed by atoms with Gasteiger partial charge in [-0.05, 0) is 353 Å². The van der Waals surface area contributed by atoms with Crippen molar-refractivity contribution in [1.82, 2.24) is 38.7 Å². The van der Waals surface area contributed by atoms with Crippen molar-refractivity contribution in [3.05, 3.63) is 514 Å². The summed E-state index contributed by atoms with van der Waals surface area (Å²) in [4.78, 5) is 54.3. The number of aryl methyl sites for hydroxylation is 15. The molecule has 0 aliphatic carbocycles. The number of carboxylic acids is 2. The van der Waals surface area contributed by atoms with Crippen molar-refractivity contribution in [2.24, 2.45) is 0 Å². The van der Waals surface area contributed by atoms with Gasteiger partial charge in [0.1, 0.15) is 28.1 Å². The van der Waals surface area contributed by atoms with Crippen molar-refractivity contribution in [2.75, 3.05) is 0 Å². The maximum Gasteiger partial charge on any atom is 0.354 e. The van der Waals surface area contributed by atoms with Gasteiger partial charge < -0.3 is 15.2 Å². The molecule has 0 saturated heterocycles. The molecule has 0 aliphatic rings. The standard InChI is InChI=1S/C24H18.C20H16.C18H14.C16H12N2S.C14H12.C10H9N.C9H8N2O.C8H7NO4.2C7H9N/c1-17-11-13-19(14-12-17)15-16-24-22-9-5-3-7-20(22)18(2)21-8-4-6-10-23(21)24;1-15-7-10-17(11-8-15)12-14-18-13-9-16(2)19-5-3-4-6-20(18)19;1-3-8-16-17-11-6-4-9-14(17)13(2)15-10-5-7-12-18(15)16;1-11-3-6-13(7-4-11)8-10-14-9-5-12(2)15-16(14)18-19-17-15;1-3-6-12-10-9-11(2)13-7-4-5-8-14(12)13;1-8-4-2-6-10-9(8)5-3-7-11-10;1-6-4-5-10-9-7(6)2-3-8(12)11-9;1-4-2-5(7(10)11)9-6(3-4)8(12)13;2*1-6-3-4-8-7(2)5-6/h3-14H,1-2H3;3-11,13H,1-2H3;4-7,9-12H,1-2H3;3-7,9H,1-2H3;4-5,7-10H,1-2H3;2-7H,1H3;2-5H,1H3,(H,10,11,12);2-3H,1H3,(H,10,11)(H,12,13);2*3-5H,1-2H3. The van der Waals surface area contributed by atoms with Crippen LogP contribution in [0.4, 0.5) is 0 Å². The summed E-state index contributed by atoms with van der Waals surface area (Å²) in [6.45, 7) is 34.5. The number of aromatic carboxylic acids is 2. The Morgan fingerprint density at radius 3 is 1.07 bits per heavy atom. The number of aromatic amines is 1. The number of hydrogen-bond donors (Lipinski definition) is 3. The van der Waals surface area contributed by atoms with E-state index in [4.69, 9.17) is 10.2 Å². The molecule has 3 N–H and O–H groups in total. The highest BCUT2D eigenvalue weighted by Crippen LogP contribution is 2.35. The average molecular weight is 1940 g/mol. The summed E-state index contributed by atoms with van der Waals surface area (Å²) >= 11 is 1.24. The summed E-state index contributed by atoms with van der Waals surface area (Å²) in [6.07, 6.45) is 7.16. The Labute approximate surface area is 865 Å². The van der Waals surface area contributed by atoms with Gasteiger partial charge in [0.15, 0.2) is 0 Å². The van der Waals surface area contributed by atoms with E-state index in [2.05, 4.69) is 422 Å². The highest BCUT2D eigenvalue weighted by Gasteiger charge is 2.15. The monoisotopic (exact) mass is 1930 g/mol. The molecule has 722 valence electrons. The predicted molar refractivity (Wildman–Crippen MR) is 612 cm³/mol. The zero-order valence-corrected chi connectivity index (χ0v) is 86.6. The zero-order chi connectivity index (χ0) is 104. The van der Waals surface area contributed by atoms with Crippen molar-refractivity contribution in [3.63, 3.8) is 0 Å². The van der Waals surface area contributed by atoms with Gasteiger partial charge in [0.2, 0.25) is 5.56 Å². The normalized spacial score (nSPS) is 10.1. The molecule has 7 aromatic heterocycles. The first kappa shape index (κ1) is 106. The van der Waals surface area contributed by atoms with E-state index >= 15 is 0 Å². The molecule has 0 unspecified atom stereocenters. The van der Waals surface area contributed by atoms with Crippen LogP contribution in [0.5, 0.6) is 0 Å². The van der Waals surface area contributed by atoms with E-state index in [9.17, 15) is 14.4 Å². The van der Waals surface area contributed by atoms with Crippen LogP contribution in [-0.2, 0) is 0 Å². The number of H-pyrrole nitrogens is 1. The van der Waals surface area contributed by atoms with E-state index < -0.39 is 11.9 Å². The first-order chi connectivity index (χ1) is 71.1. The Kier molecular flexibility index (Phi) is 37.4. The molecule has 0 fully saturated rings. The van der Waals surface area contributed by atoms with E-state index in [1.807, 2.05) is 121 Å². The molecule has 22 aromatic rings. The fourth-order valence-electron chi connectivity index (χ4n) is 16.5. The van der Waals surface area contributed by atoms with Gasteiger partial charge in [0.05, 0.1) is 22.8 Å². The molecule has 7 heterocycles. The number of benzene rings is 15. The minimum absolute atomic E-state index is 0.111. The largest absolute Gasteiger partial charge is 0.477 e. The second kappa shape index (κ2) is 51.9. The van der Waals surface area contributed by atoms with Crippen LogP contribution in [0.15, 0.2) is 369 Å². The van der Waals surface area contributed by atoms with Crippen molar-refractivity contribution >= 4 is 121 Å². The van der Waals surface area contributed by atoms with Gasteiger partial charge in [-0.2, -0.15) is 8.75 Å². The summed E-state index contributed by atoms with van der Waals surface area (Å²) in [5.74, 6) is 29.6. The van der Waals surface area contributed by atoms with Gasteiger partial charge >= 0.3 is 11.9 Å². The SMILES string of the molecule is CC#Cc1c2ccccc2c(C)c2ccccc12.CC#Cc1ccc(C)c2ccccc12.Cc1cc(C(=O)O)nc(C(=O)O)c1.Cc1ccc(C#Cc2c3ccccc3c(C)c3ccccc23)cc1.Cc1ccc(C#Cc2ccc(C)c3ccccc23)cc1.Cc1ccc(C#Cc2ccc(C)c3nsnc23)cc1.Cc1cccc2ncccc12.Cc1ccnc(C)c1.Cc1ccnc(C)c1.Cc1ccnc2[nH]c(=O)ccc12. The second-order valence-corrected chi connectivity index (χ2v) is 36.0. The minimum atomic E-state index is -1.23. The predicted octanol–water partition coefficient (Wildman–Crippen LogP) is 30.7. The van der Waals surface area contributed by atoms with Crippen LogP contribution < -0.4 is 5.56 Å². The van der Waals surface area contributed by atoms with Crippen molar-refractivity contribution in [1.29, 1.82) is 0 Å². The van der Waals surface area contributed by atoms with Crippen LogP contribution in [-0.4, -0.2) is 60.8 Å². The molecule has 14 heteroatoms. The number of nitrogens with zero attached hydrogens (tertiary/aromatic N) is 7. The molecule has 0 aliphatic heterocycles. The van der Waals surface area contributed by atoms with Crippen LogP contribution in [0.1, 0.15) is 163 Å². The number of aromatic nitrogens is 8. The van der Waals surface area contributed by atoms with Gasteiger partial charge in [0.25, 0.3) is 0 Å². The van der Waals surface area contributed by atoms with Crippen LogP contribution in [0.3, 0.4) is 0 Å². The van der Waals surface area contributed by atoms with Crippen molar-refractivity contribution in [2.45, 2.75) is 118 Å². The number of nitrogens with one attached hydrogen (secondary N) is 1. The highest BCUT2D eigenvalue weighted by atomic mass is 32.1. The van der Waals surface area contributed by atoms with Gasteiger partial charge in [0, 0.05) is 92.0 Å². The molecular formula is C133H114N8O5S. The van der Waals surface area contributed by atoms with E-state index in [1.54, 1.807) is 19.2 Å². The lowest BCUT2D eigenvalue weighted by Gasteiger charge is -2.10. The second-order valence-electron chi connectivity index (χ2n) is 35.5. The highest BCUT2D eigenvalue weighted by molar-refractivity contribution is 7.00. The summed E-state index contributed by atoms with van der Waals surface area (Å²) in [5.41, 5.74) is 29.4. The van der Waals surface area contributed by atoms with Crippen LogP contribution in [0.25, 0.3) is 97.6 Å². The molecule has 22 rings (SSSR count). The fraction of sp³-hybridized carbons (Fsp3) is 0.128. The molecule has 0 bridgehead atoms. The van der Waals surface area contributed by atoms with Crippen LogP contribution in [0.2, 0.25) is 0 Å². The summed E-state index contributed by atoms with van der Waals surface area (Å²) in [5, 5.41) is 34.6. The molecular weight excluding hydrogens is 1820 g/mol. The molecule has 15 aromatic carbocycles. The molecule has 0 spiro atoms. The smallest absolute Gasteiger partial charge is 0.354 e. The van der Waals surface area contributed by atoms with E-state index in [-0.39, 0.29) is 16.9 Å². The van der Waals surface area contributed by atoms with Crippen LogP contribution >= 0.6 is 11.7 Å². The first-order valence-corrected chi connectivity index (χ1v) is 48.9. The lowest BCUT2D eigenvalue weighted by Crippen LogP contribution is -2.07. The van der Waals surface area contributed by atoms with Crippen molar-refractivity contribution < 1.29 is 19.8 Å². The summed E-state index contributed by atoms with van der Waals surface area (Å²) in [7, 11) is 0. The average Bonchev–Trinajstić information content (AvgIpc) is 1.11. The third-order valence-corrected chi connectivity index (χ3v) is 24.7. The Balaban J connectivity index is 0.000000139. The minimum Gasteiger partial charge on any atom is -0.477 e. The molecule has 147 heavy (non-hydrogen) atoms. The molecule has 0 atom stereocenters. The fourth-order valence-corrected chi connectivity index (χ4v) is 17.1. The van der Waals surface area contributed by atoms with E-state index in [0.717, 1.165) is 89.0 Å². The third kappa shape index (κ3) is 29.0. The summed E-state index contributed by atoms with van der Waals surface area (Å²) in [6, 6.07) is 115. The maximum atomic E-state index is 10.9. The topological polar surface area (TPSA) is 198 Å². The number of rotatable bonds is 2. The first-order valence-electron chi connectivity index (χ1n) is 48.2. The Morgan fingerprint density at radius 1 is 0.272 bits per heavy atom. The van der Waals surface area contributed by atoms with Gasteiger partial charge in [-0.1, -0.05) is 282 Å². The number of hydrogen-bond acceptors (Lipinski definition) is 11. The number of carboxylic acid groups (broad SMARTS) is 2. The number of pyridine rings is 6. The third-order valence-electron chi connectivity index (χ3n) is 24.2. The maximum absolute atomic E-state index is 10.9. The Morgan fingerprint density at radius 2 is 0.646 bits per heavy atom. The number of carbonyl (C=O) groups is 2. The van der Waals surface area contributed by atoms with Crippen molar-refractivity contribution in [3.8, 4) is 59.2 Å². The van der Waals surface area contributed by atoms with Gasteiger partial charge in [-0.15, -0.1) is 11.8 Å². The lowest BCUT2D eigenvalue weighted by molar-refractivity contribution is 0.0684. The summed E-state index contributed by atoms with van der Waals surface area (Å²) < 4.78 is 8.64. The quantitative estimate of drug-likeness (QED) is 0.110.